The lowest BCUT2D eigenvalue weighted by atomic mass is 9.87. The normalized spacial score (nSPS) is 11.2. The second-order valence-electron chi connectivity index (χ2n) is 7.71. The van der Waals surface area contributed by atoms with Crippen molar-refractivity contribution in [2.75, 3.05) is 22.5 Å². The zero-order valence-electron chi connectivity index (χ0n) is 16.8. The number of ether oxygens (including phenoxy) is 1. The Bertz CT molecular complexity index is 736. The molecule has 0 aliphatic heterocycles. The second-order valence-corrected chi connectivity index (χ2v) is 8.42. The quantitative estimate of drug-likeness (QED) is 0.503. The maximum Gasteiger partial charge on any atom is 0.424 e. The third kappa shape index (κ3) is 5.99. The van der Waals surface area contributed by atoms with Crippen LogP contribution in [-0.4, -0.2) is 19.7 Å². The fraction of sp³-hybridized carbons (Fsp3) is 0.409. The van der Waals surface area contributed by atoms with Crippen LogP contribution < -0.4 is 8.83 Å². The van der Waals surface area contributed by atoms with E-state index in [1.54, 1.807) is 0 Å². The van der Waals surface area contributed by atoms with E-state index in [0.29, 0.717) is 6.61 Å². The number of carbonyl (C=O) groups excluding carboxylic acids is 1. The molecule has 0 atom stereocenters. The predicted octanol–water partition coefficient (Wildman–Crippen LogP) is 6.28. The van der Waals surface area contributed by atoms with Crippen LogP contribution in [-0.2, 0) is 16.7 Å². The standard InChI is InChI=1S/C22H29BrN2O2/c1-6-15-27-21(26)25(23)20-13-11-19(12-14-20)24(5)16-17-7-9-18(10-8-17)22(2,3)4/h7-14H,6,15-16H2,1-5H3. The van der Waals surface area contributed by atoms with Crippen LogP contribution in [0, 0.1) is 0 Å². The van der Waals surface area contributed by atoms with Crippen molar-refractivity contribution < 1.29 is 9.53 Å². The highest BCUT2D eigenvalue weighted by atomic mass is 79.9. The number of halogens is 1. The molecular weight excluding hydrogens is 404 g/mol. The van der Waals surface area contributed by atoms with Crippen LogP contribution >= 0.6 is 16.1 Å². The highest BCUT2D eigenvalue weighted by molar-refractivity contribution is 9.10. The largest absolute Gasteiger partial charge is 0.449 e. The first-order valence-corrected chi connectivity index (χ1v) is 9.96. The minimum Gasteiger partial charge on any atom is -0.449 e. The van der Waals surface area contributed by atoms with Crippen molar-refractivity contribution in [2.45, 2.75) is 46.1 Å². The molecule has 0 saturated carbocycles. The van der Waals surface area contributed by atoms with Gasteiger partial charge in [-0.15, -0.1) is 0 Å². The van der Waals surface area contributed by atoms with E-state index in [9.17, 15) is 4.79 Å². The summed E-state index contributed by atoms with van der Waals surface area (Å²) >= 11 is 3.26. The summed E-state index contributed by atoms with van der Waals surface area (Å²) in [6, 6.07) is 16.6. The molecule has 1 amide bonds. The molecule has 0 fully saturated rings. The molecule has 4 nitrogen and oxygen atoms in total. The van der Waals surface area contributed by atoms with Gasteiger partial charge in [-0.3, -0.25) is 0 Å². The van der Waals surface area contributed by atoms with E-state index < -0.39 is 6.09 Å². The van der Waals surface area contributed by atoms with Crippen LogP contribution in [0.25, 0.3) is 0 Å². The van der Waals surface area contributed by atoms with E-state index in [2.05, 4.69) is 73.1 Å². The fourth-order valence-corrected chi connectivity index (χ4v) is 3.00. The Morgan fingerprint density at radius 1 is 1.00 bits per heavy atom. The van der Waals surface area contributed by atoms with E-state index in [1.165, 1.54) is 15.1 Å². The van der Waals surface area contributed by atoms with Gasteiger partial charge in [0.2, 0.25) is 0 Å². The topological polar surface area (TPSA) is 32.8 Å². The molecule has 0 unspecified atom stereocenters. The third-order valence-electron chi connectivity index (χ3n) is 4.35. The van der Waals surface area contributed by atoms with Gasteiger partial charge in [-0.05, 0) is 47.2 Å². The summed E-state index contributed by atoms with van der Waals surface area (Å²) in [7, 11) is 2.06. The number of hydrogen-bond donors (Lipinski definition) is 0. The molecular formula is C22H29BrN2O2. The van der Waals surface area contributed by atoms with E-state index in [-0.39, 0.29) is 5.41 Å². The molecule has 0 bridgehead atoms. The Morgan fingerprint density at radius 3 is 2.07 bits per heavy atom. The molecule has 0 aliphatic carbocycles. The molecule has 5 heteroatoms. The van der Waals surface area contributed by atoms with Gasteiger partial charge >= 0.3 is 6.09 Å². The van der Waals surface area contributed by atoms with Crippen LogP contribution in [0.15, 0.2) is 48.5 Å². The van der Waals surface area contributed by atoms with E-state index in [0.717, 1.165) is 24.3 Å². The molecule has 0 heterocycles. The summed E-state index contributed by atoms with van der Waals surface area (Å²) < 4.78 is 6.47. The maximum atomic E-state index is 11.9. The monoisotopic (exact) mass is 432 g/mol. The van der Waals surface area contributed by atoms with Crippen molar-refractivity contribution >= 4 is 33.6 Å². The molecule has 2 aromatic rings. The van der Waals surface area contributed by atoms with Crippen molar-refractivity contribution in [3.8, 4) is 0 Å². The first-order chi connectivity index (χ1) is 12.7. The maximum absolute atomic E-state index is 11.9. The van der Waals surface area contributed by atoms with Crippen LogP contribution in [0.5, 0.6) is 0 Å². The first-order valence-electron chi connectivity index (χ1n) is 9.25. The van der Waals surface area contributed by atoms with Crippen LogP contribution in [0.2, 0.25) is 0 Å². The lowest BCUT2D eigenvalue weighted by Gasteiger charge is -2.22. The Morgan fingerprint density at radius 2 is 1.56 bits per heavy atom. The van der Waals surface area contributed by atoms with Crippen LogP contribution in [0.3, 0.4) is 0 Å². The molecule has 27 heavy (non-hydrogen) atoms. The molecule has 0 saturated heterocycles. The van der Waals surface area contributed by atoms with E-state index in [1.807, 2.05) is 31.2 Å². The lowest BCUT2D eigenvalue weighted by Crippen LogP contribution is -2.22. The van der Waals surface area contributed by atoms with Crippen molar-refractivity contribution in [3.05, 3.63) is 59.7 Å². The van der Waals surface area contributed by atoms with Gasteiger partial charge in [0.1, 0.15) is 0 Å². The average molecular weight is 433 g/mol. The van der Waals surface area contributed by atoms with Gasteiger partial charge in [-0.2, -0.15) is 0 Å². The average Bonchev–Trinajstić information content (AvgIpc) is 2.65. The summed E-state index contributed by atoms with van der Waals surface area (Å²) in [5.41, 5.74) is 4.59. The fourth-order valence-electron chi connectivity index (χ4n) is 2.66. The predicted molar refractivity (Wildman–Crippen MR) is 117 cm³/mol. The number of nitrogens with zero attached hydrogens (tertiary/aromatic N) is 2. The molecule has 2 rings (SSSR count). The van der Waals surface area contributed by atoms with Gasteiger partial charge in [0.25, 0.3) is 0 Å². The van der Waals surface area contributed by atoms with Crippen LogP contribution in [0.4, 0.5) is 16.2 Å². The highest BCUT2D eigenvalue weighted by Gasteiger charge is 2.15. The van der Waals surface area contributed by atoms with Crippen molar-refractivity contribution in [1.29, 1.82) is 0 Å². The molecule has 0 spiro atoms. The van der Waals surface area contributed by atoms with Crippen molar-refractivity contribution in [2.24, 2.45) is 0 Å². The summed E-state index contributed by atoms with van der Waals surface area (Å²) in [5.74, 6) is 0. The summed E-state index contributed by atoms with van der Waals surface area (Å²) in [4.78, 5) is 14.1. The molecule has 0 aliphatic rings. The molecule has 0 N–H and O–H groups in total. The van der Waals surface area contributed by atoms with Gasteiger partial charge in [0.05, 0.1) is 28.4 Å². The third-order valence-corrected chi connectivity index (χ3v) is 5.05. The molecule has 2 aromatic carbocycles. The molecule has 146 valence electrons. The number of carbonyl (C=O) groups is 1. The van der Waals surface area contributed by atoms with Gasteiger partial charge in [-0.25, -0.2) is 8.72 Å². The number of hydrogen-bond acceptors (Lipinski definition) is 3. The highest BCUT2D eigenvalue weighted by Crippen LogP contribution is 2.25. The summed E-state index contributed by atoms with van der Waals surface area (Å²) in [5, 5.41) is 0. The first kappa shape index (κ1) is 21.3. The number of amides is 1. The van der Waals surface area contributed by atoms with E-state index in [4.69, 9.17) is 4.74 Å². The van der Waals surface area contributed by atoms with Gasteiger partial charge in [-0.1, -0.05) is 52.0 Å². The van der Waals surface area contributed by atoms with Gasteiger partial charge in [0.15, 0.2) is 0 Å². The van der Waals surface area contributed by atoms with Crippen molar-refractivity contribution in [1.82, 2.24) is 0 Å². The second kappa shape index (κ2) is 9.27. The van der Waals surface area contributed by atoms with E-state index >= 15 is 0 Å². The Kier molecular flexibility index (Phi) is 7.31. The number of anilines is 2. The zero-order chi connectivity index (χ0) is 20.0. The summed E-state index contributed by atoms with van der Waals surface area (Å²) in [6.07, 6.45) is 0.393. The molecule has 0 aromatic heterocycles. The Hall–Kier alpha value is -2.01. The van der Waals surface area contributed by atoms with Crippen LogP contribution in [0.1, 0.15) is 45.2 Å². The smallest absolute Gasteiger partial charge is 0.424 e. The lowest BCUT2D eigenvalue weighted by molar-refractivity contribution is 0.159. The van der Waals surface area contributed by atoms with Gasteiger partial charge < -0.3 is 9.64 Å². The molecule has 0 radical (unpaired) electrons. The Labute approximate surface area is 171 Å². The number of benzene rings is 2. The minimum absolute atomic E-state index is 0.167. The Balaban J connectivity index is 2.01. The number of rotatable bonds is 6. The van der Waals surface area contributed by atoms with Gasteiger partial charge in [0, 0.05) is 19.3 Å². The SMILES string of the molecule is CCCOC(=O)N(Br)c1ccc(N(C)Cc2ccc(C(C)(C)C)cc2)cc1. The zero-order valence-corrected chi connectivity index (χ0v) is 18.4. The summed E-state index contributed by atoms with van der Waals surface area (Å²) in [6.45, 7) is 9.87. The van der Waals surface area contributed by atoms with Crippen molar-refractivity contribution in [3.63, 3.8) is 0 Å². The minimum atomic E-state index is -0.406.